The Bertz CT molecular complexity index is 295. The monoisotopic (exact) mass is 296 g/mol. The third-order valence-corrected chi connectivity index (χ3v) is 4.75. The molecule has 1 heterocycles. The van der Waals surface area contributed by atoms with Gasteiger partial charge in [0.05, 0.1) is 18.8 Å². The number of ether oxygens (including phenoxy) is 1. The number of nitrogens with one attached hydrogen (secondary N) is 1. The van der Waals surface area contributed by atoms with Crippen LogP contribution < -0.4 is 5.32 Å². The number of carbonyl (C=O) groups is 1. The van der Waals surface area contributed by atoms with Crippen molar-refractivity contribution in [3.8, 4) is 0 Å². The smallest absolute Gasteiger partial charge is 0.239 e. The van der Waals surface area contributed by atoms with Crippen molar-refractivity contribution in [1.29, 1.82) is 0 Å². The Morgan fingerprint density at radius 1 is 1.10 bits per heavy atom. The summed E-state index contributed by atoms with van der Waals surface area (Å²) >= 11 is 0. The molecule has 2 aliphatic rings. The summed E-state index contributed by atoms with van der Waals surface area (Å²) in [5, 5.41) is 3.32. The zero-order valence-electron chi connectivity index (χ0n) is 13.6. The molecule has 0 aromatic heterocycles. The number of hydrogen-bond acceptors (Lipinski definition) is 3. The fourth-order valence-electron chi connectivity index (χ4n) is 3.39. The molecule has 1 aliphatic carbocycles. The van der Waals surface area contributed by atoms with Gasteiger partial charge in [0.15, 0.2) is 0 Å². The molecule has 2 rings (SSSR count). The van der Waals surface area contributed by atoms with E-state index >= 15 is 0 Å². The van der Waals surface area contributed by atoms with Gasteiger partial charge in [-0.25, -0.2) is 0 Å². The summed E-state index contributed by atoms with van der Waals surface area (Å²) in [5.74, 6) is 0.259. The van der Waals surface area contributed by atoms with Crippen molar-refractivity contribution in [2.24, 2.45) is 0 Å². The number of nitrogens with zero attached hydrogens (tertiary/aromatic N) is 1. The summed E-state index contributed by atoms with van der Waals surface area (Å²) in [6.07, 6.45) is 11.7. The van der Waals surface area contributed by atoms with Gasteiger partial charge < -0.3 is 15.0 Å². The Labute approximate surface area is 129 Å². The predicted molar refractivity (Wildman–Crippen MR) is 85.3 cm³/mol. The van der Waals surface area contributed by atoms with Crippen LogP contribution in [0.4, 0.5) is 0 Å². The molecule has 1 aliphatic heterocycles. The molecule has 4 nitrogen and oxygen atoms in total. The van der Waals surface area contributed by atoms with E-state index in [4.69, 9.17) is 4.74 Å². The van der Waals surface area contributed by atoms with Gasteiger partial charge in [-0.05, 0) is 32.6 Å². The Morgan fingerprint density at radius 2 is 1.71 bits per heavy atom. The highest BCUT2D eigenvalue weighted by Gasteiger charge is 2.21. The van der Waals surface area contributed by atoms with Gasteiger partial charge in [0.1, 0.15) is 0 Å². The van der Waals surface area contributed by atoms with Crippen LogP contribution in [0.3, 0.4) is 0 Å². The summed E-state index contributed by atoms with van der Waals surface area (Å²) in [6, 6.07) is -0.0851. The molecule has 0 aromatic carbocycles. The van der Waals surface area contributed by atoms with Gasteiger partial charge in [-0.3, -0.25) is 4.79 Å². The van der Waals surface area contributed by atoms with Crippen LogP contribution in [0.2, 0.25) is 0 Å². The van der Waals surface area contributed by atoms with Gasteiger partial charge in [-0.1, -0.05) is 32.1 Å². The first-order valence-corrected chi connectivity index (χ1v) is 8.91. The molecule has 0 radical (unpaired) electrons. The molecule has 1 saturated carbocycles. The maximum Gasteiger partial charge on any atom is 0.239 e. The first-order valence-electron chi connectivity index (χ1n) is 8.91. The van der Waals surface area contributed by atoms with Gasteiger partial charge in [0.25, 0.3) is 0 Å². The van der Waals surface area contributed by atoms with Crippen LogP contribution in [0, 0.1) is 0 Å². The van der Waals surface area contributed by atoms with E-state index in [1.54, 1.807) is 0 Å². The molecule has 0 spiro atoms. The minimum absolute atomic E-state index is 0.0851. The largest absolute Gasteiger partial charge is 0.377 e. The van der Waals surface area contributed by atoms with E-state index in [0.717, 1.165) is 39.1 Å². The van der Waals surface area contributed by atoms with E-state index in [1.807, 2.05) is 11.8 Å². The van der Waals surface area contributed by atoms with Crippen molar-refractivity contribution in [3.63, 3.8) is 0 Å². The van der Waals surface area contributed by atoms with E-state index < -0.39 is 0 Å². The fraction of sp³-hybridized carbons (Fsp3) is 0.941. The molecule has 21 heavy (non-hydrogen) atoms. The van der Waals surface area contributed by atoms with Crippen molar-refractivity contribution >= 4 is 5.91 Å². The molecule has 4 heteroatoms. The topological polar surface area (TPSA) is 41.6 Å². The summed E-state index contributed by atoms with van der Waals surface area (Å²) in [5.41, 5.74) is 0. The number of carbonyl (C=O) groups excluding carboxylic acids is 1. The van der Waals surface area contributed by atoms with Crippen molar-refractivity contribution in [2.45, 2.75) is 76.9 Å². The molecule has 2 fully saturated rings. The molecule has 1 N–H and O–H groups in total. The summed E-state index contributed by atoms with van der Waals surface area (Å²) in [4.78, 5) is 14.4. The highest BCUT2D eigenvalue weighted by atomic mass is 16.5. The lowest BCUT2D eigenvalue weighted by atomic mass is 9.98. The molecule has 0 aromatic rings. The second kappa shape index (κ2) is 9.42. The van der Waals surface area contributed by atoms with Crippen LogP contribution >= 0.6 is 0 Å². The lowest BCUT2D eigenvalue weighted by molar-refractivity contribution is -0.133. The van der Waals surface area contributed by atoms with Crippen LogP contribution in [0.15, 0.2) is 0 Å². The molecular formula is C17H32N2O2. The van der Waals surface area contributed by atoms with Crippen LogP contribution in [0.25, 0.3) is 0 Å². The minimum atomic E-state index is -0.0851. The minimum Gasteiger partial charge on any atom is -0.377 e. The van der Waals surface area contributed by atoms with Gasteiger partial charge in [0.2, 0.25) is 5.91 Å². The first-order chi connectivity index (χ1) is 10.3. The van der Waals surface area contributed by atoms with Crippen LogP contribution in [0.1, 0.15) is 64.7 Å². The van der Waals surface area contributed by atoms with Crippen molar-refractivity contribution in [1.82, 2.24) is 10.2 Å². The maximum atomic E-state index is 12.4. The fourth-order valence-corrected chi connectivity index (χ4v) is 3.39. The maximum absolute atomic E-state index is 12.4. The predicted octanol–water partition coefficient (Wildman–Crippen LogP) is 2.72. The molecule has 1 unspecified atom stereocenters. The van der Waals surface area contributed by atoms with Crippen LogP contribution in [-0.2, 0) is 9.53 Å². The SMILES string of the molecule is CC(NCCOC1CCCCC1)C(=O)N1CCCCCC1. The first kappa shape index (κ1) is 16.8. The summed E-state index contributed by atoms with van der Waals surface area (Å²) in [6.45, 7) is 5.35. The van der Waals surface area contributed by atoms with Gasteiger partial charge in [0, 0.05) is 19.6 Å². The number of likely N-dealkylation sites (tertiary alicyclic amines) is 1. The van der Waals surface area contributed by atoms with Crippen molar-refractivity contribution in [2.75, 3.05) is 26.2 Å². The Morgan fingerprint density at radius 3 is 2.38 bits per heavy atom. The van der Waals surface area contributed by atoms with Crippen LogP contribution in [0.5, 0.6) is 0 Å². The highest BCUT2D eigenvalue weighted by molar-refractivity contribution is 5.81. The zero-order valence-corrected chi connectivity index (χ0v) is 13.6. The summed E-state index contributed by atoms with van der Waals surface area (Å²) < 4.78 is 5.89. The standard InChI is InChI=1S/C17H32N2O2/c1-15(17(20)19-12-7-2-3-8-13-19)18-11-14-21-16-9-5-4-6-10-16/h15-16,18H,2-14H2,1H3. The average Bonchev–Trinajstić information content (AvgIpc) is 2.81. The lowest BCUT2D eigenvalue weighted by Gasteiger charge is -2.25. The van der Waals surface area contributed by atoms with E-state index in [1.165, 1.54) is 44.9 Å². The molecular weight excluding hydrogens is 264 g/mol. The van der Waals surface area contributed by atoms with Crippen molar-refractivity contribution < 1.29 is 9.53 Å². The molecule has 122 valence electrons. The Hall–Kier alpha value is -0.610. The van der Waals surface area contributed by atoms with Gasteiger partial charge in [-0.15, -0.1) is 0 Å². The van der Waals surface area contributed by atoms with Crippen LogP contribution in [-0.4, -0.2) is 49.2 Å². The number of hydrogen-bond donors (Lipinski definition) is 1. The Balaban J connectivity index is 1.59. The average molecular weight is 296 g/mol. The highest BCUT2D eigenvalue weighted by Crippen LogP contribution is 2.19. The third-order valence-electron chi connectivity index (χ3n) is 4.75. The van der Waals surface area contributed by atoms with E-state index in [0.29, 0.717) is 6.10 Å². The second-order valence-electron chi connectivity index (χ2n) is 6.55. The molecule has 1 atom stereocenters. The van der Waals surface area contributed by atoms with Crippen molar-refractivity contribution in [3.05, 3.63) is 0 Å². The van der Waals surface area contributed by atoms with E-state index in [9.17, 15) is 4.79 Å². The van der Waals surface area contributed by atoms with E-state index in [2.05, 4.69) is 5.32 Å². The molecule has 0 bridgehead atoms. The normalized spacial score (nSPS) is 22.8. The van der Waals surface area contributed by atoms with Gasteiger partial charge >= 0.3 is 0 Å². The number of amides is 1. The van der Waals surface area contributed by atoms with E-state index in [-0.39, 0.29) is 11.9 Å². The lowest BCUT2D eigenvalue weighted by Crippen LogP contribution is -2.46. The molecule has 1 saturated heterocycles. The summed E-state index contributed by atoms with van der Waals surface area (Å²) in [7, 11) is 0. The second-order valence-corrected chi connectivity index (χ2v) is 6.55. The Kier molecular flexibility index (Phi) is 7.51. The zero-order chi connectivity index (χ0) is 14.9. The quantitative estimate of drug-likeness (QED) is 0.766. The third kappa shape index (κ3) is 5.95. The number of rotatable bonds is 6. The molecule has 1 amide bonds. The van der Waals surface area contributed by atoms with Gasteiger partial charge in [-0.2, -0.15) is 0 Å².